The number of hydrogen-bond donors (Lipinski definition) is 1. The zero-order valence-corrected chi connectivity index (χ0v) is 21.6. The van der Waals surface area contributed by atoms with E-state index >= 15 is 0 Å². The second-order valence-corrected chi connectivity index (χ2v) is 9.94. The van der Waals surface area contributed by atoms with E-state index in [1.54, 1.807) is 48.6 Å². The highest BCUT2D eigenvalue weighted by molar-refractivity contribution is 7.09. The molecule has 1 aromatic heterocycles. The molecular formula is C25H36N4O4S. The number of rotatable bonds is 6. The fourth-order valence-electron chi connectivity index (χ4n) is 4.10. The smallest absolute Gasteiger partial charge is 0.257 e. The van der Waals surface area contributed by atoms with E-state index in [-0.39, 0.29) is 29.9 Å². The summed E-state index contributed by atoms with van der Waals surface area (Å²) in [7, 11) is 3.48. The lowest BCUT2D eigenvalue weighted by molar-refractivity contribution is -0.116. The van der Waals surface area contributed by atoms with Gasteiger partial charge in [0.25, 0.3) is 5.91 Å². The largest absolute Gasteiger partial charge is 0.491 e. The van der Waals surface area contributed by atoms with Crippen molar-refractivity contribution in [2.24, 2.45) is 5.92 Å². The molecule has 0 unspecified atom stereocenters. The summed E-state index contributed by atoms with van der Waals surface area (Å²) in [5, 5.41) is 5.93. The maximum Gasteiger partial charge on any atom is 0.257 e. The Morgan fingerprint density at radius 3 is 2.79 bits per heavy atom. The zero-order valence-electron chi connectivity index (χ0n) is 20.7. The number of aromatic nitrogens is 1. The van der Waals surface area contributed by atoms with Crippen molar-refractivity contribution in [2.75, 3.05) is 39.2 Å². The van der Waals surface area contributed by atoms with Gasteiger partial charge in [-0.2, -0.15) is 0 Å². The van der Waals surface area contributed by atoms with Gasteiger partial charge >= 0.3 is 0 Å². The third kappa shape index (κ3) is 6.77. The molecule has 34 heavy (non-hydrogen) atoms. The van der Waals surface area contributed by atoms with Crippen LogP contribution in [0.3, 0.4) is 0 Å². The molecule has 2 aromatic rings. The predicted octanol–water partition coefficient (Wildman–Crippen LogP) is 3.89. The normalized spacial score (nSPS) is 22.3. The third-order valence-corrected chi connectivity index (χ3v) is 6.92. The molecule has 0 saturated carbocycles. The molecule has 0 aliphatic carbocycles. The number of anilines is 1. The van der Waals surface area contributed by atoms with Gasteiger partial charge in [0.2, 0.25) is 5.91 Å². The summed E-state index contributed by atoms with van der Waals surface area (Å²) in [6.45, 7) is 8.59. The number of likely N-dealkylation sites (N-methyl/N-ethyl adjacent to an activating group) is 1. The predicted molar refractivity (Wildman–Crippen MR) is 134 cm³/mol. The van der Waals surface area contributed by atoms with Crippen molar-refractivity contribution in [3.8, 4) is 5.75 Å². The number of nitrogens with one attached hydrogen (secondary N) is 1. The fraction of sp³-hybridized carbons (Fsp3) is 0.560. The number of hydrogen-bond acceptors (Lipinski definition) is 7. The number of fused-ring (bicyclic) bond motifs is 1. The van der Waals surface area contributed by atoms with Crippen LogP contribution in [0, 0.1) is 5.92 Å². The molecule has 1 N–H and O–H groups in total. The maximum atomic E-state index is 13.3. The van der Waals surface area contributed by atoms with Crippen LogP contribution in [0.4, 0.5) is 5.69 Å². The molecule has 8 nitrogen and oxygen atoms in total. The highest BCUT2D eigenvalue weighted by Gasteiger charge is 2.28. The van der Waals surface area contributed by atoms with Crippen LogP contribution in [-0.4, -0.2) is 72.6 Å². The summed E-state index contributed by atoms with van der Waals surface area (Å²) in [6.07, 6.45) is 2.92. The highest BCUT2D eigenvalue weighted by Crippen LogP contribution is 2.27. The summed E-state index contributed by atoms with van der Waals surface area (Å²) in [5.74, 6) is 0.468. The van der Waals surface area contributed by atoms with Gasteiger partial charge < -0.3 is 19.7 Å². The number of carbonyl (C=O) groups excluding carboxylic acids is 2. The van der Waals surface area contributed by atoms with Crippen molar-refractivity contribution in [2.45, 2.75) is 52.3 Å². The SMILES string of the molecule is CCCC(=O)Nc1ccc2c(c1)OC[C@@H](C)N(Cc1nccs1)C[C@H](C)[C@H](OC)CN(C)C2=O. The van der Waals surface area contributed by atoms with Crippen molar-refractivity contribution < 1.29 is 19.1 Å². The average molecular weight is 489 g/mol. The molecular weight excluding hydrogens is 452 g/mol. The van der Waals surface area contributed by atoms with Crippen LogP contribution in [0.25, 0.3) is 0 Å². The average Bonchev–Trinajstić information content (AvgIpc) is 3.32. The van der Waals surface area contributed by atoms with Gasteiger partial charge in [-0.25, -0.2) is 4.98 Å². The summed E-state index contributed by atoms with van der Waals surface area (Å²) in [5.41, 5.74) is 1.09. The van der Waals surface area contributed by atoms with Crippen LogP contribution in [0.2, 0.25) is 0 Å². The molecule has 186 valence electrons. The minimum Gasteiger partial charge on any atom is -0.491 e. The Hall–Kier alpha value is -2.49. The molecule has 0 spiro atoms. The van der Waals surface area contributed by atoms with Crippen LogP contribution in [0.5, 0.6) is 5.75 Å². The van der Waals surface area contributed by atoms with E-state index in [2.05, 4.69) is 29.0 Å². The zero-order chi connectivity index (χ0) is 24.7. The molecule has 1 aliphatic heterocycles. The van der Waals surface area contributed by atoms with E-state index in [1.165, 1.54) is 0 Å². The summed E-state index contributed by atoms with van der Waals surface area (Å²) in [6, 6.07) is 5.30. The first kappa shape index (κ1) is 26.1. The maximum absolute atomic E-state index is 13.3. The summed E-state index contributed by atoms with van der Waals surface area (Å²) < 4.78 is 12.0. The van der Waals surface area contributed by atoms with Gasteiger partial charge in [-0.3, -0.25) is 14.5 Å². The molecule has 9 heteroatoms. The fourth-order valence-corrected chi connectivity index (χ4v) is 4.74. The lowest BCUT2D eigenvalue weighted by Crippen LogP contribution is -2.46. The van der Waals surface area contributed by atoms with Crippen molar-refractivity contribution in [1.29, 1.82) is 0 Å². The Morgan fingerprint density at radius 1 is 1.32 bits per heavy atom. The third-order valence-electron chi connectivity index (χ3n) is 6.16. The second-order valence-electron chi connectivity index (χ2n) is 8.96. The van der Waals surface area contributed by atoms with Gasteiger partial charge in [0, 0.05) is 63.0 Å². The number of nitrogens with zero attached hydrogens (tertiary/aromatic N) is 3. The minimum absolute atomic E-state index is 0.0565. The Balaban J connectivity index is 1.92. The summed E-state index contributed by atoms with van der Waals surface area (Å²) in [4.78, 5) is 33.9. The van der Waals surface area contributed by atoms with Crippen LogP contribution >= 0.6 is 11.3 Å². The number of thiazole rings is 1. The van der Waals surface area contributed by atoms with Crippen LogP contribution in [-0.2, 0) is 16.1 Å². The number of methoxy groups -OCH3 is 1. The summed E-state index contributed by atoms with van der Waals surface area (Å²) >= 11 is 1.64. The molecule has 1 aliphatic rings. The molecule has 2 heterocycles. The Morgan fingerprint density at radius 2 is 2.12 bits per heavy atom. The van der Waals surface area contributed by atoms with E-state index in [4.69, 9.17) is 9.47 Å². The van der Waals surface area contributed by atoms with Crippen molar-refractivity contribution >= 4 is 28.8 Å². The lowest BCUT2D eigenvalue weighted by Gasteiger charge is -2.35. The van der Waals surface area contributed by atoms with Crippen molar-refractivity contribution in [3.05, 3.63) is 40.3 Å². The molecule has 2 amide bonds. The quantitative estimate of drug-likeness (QED) is 0.664. The number of ether oxygens (including phenoxy) is 2. The Kier molecular flexibility index (Phi) is 9.44. The van der Waals surface area contributed by atoms with Crippen molar-refractivity contribution in [1.82, 2.24) is 14.8 Å². The Bertz CT molecular complexity index is 952. The topological polar surface area (TPSA) is 84.0 Å². The van der Waals surface area contributed by atoms with Gasteiger partial charge in [0.1, 0.15) is 17.4 Å². The molecule has 0 saturated heterocycles. The first-order valence-electron chi connectivity index (χ1n) is 11.8. The van der Waals surface area contributed by atoms with Crippen LogP contribution in [0.15, 0.2) is 29.8 Å². The van der Waals surface area contributed by atoms with Gasteiger partial charge in [0.05, 0.1) is 18.2 Å². The standard InChI is InChI=1S/C25H36N4O4S/c1-6-7-23(30)27-19-8-9-20-21(12-19)33-16-18(3)29(15-24-26-10-11-34-24)13-17(2)22(32-5)14-28(4)25(20)31/h8-12,17-18,22H,6-7,13-16H2,1-5H3,(H,27,30)/t17-,18+,22+/m0/s1. The number of carbonyl (C=O) groups is 2. The lowest BCUT2D eigenvalue weighted by atomic mass is 10.0. The van der Waals surface area contributed by atoms with E-state index in [9.17, 15) is 9.59 Å². The molecule has 1 aromatic carbocycles. The van der Waals surface area contributed by atoms with Crippen LogP contribution < -0.4 is 10.1 Å². The van der Waals surface area contributed by atoms with Crippen molar-refractivity contribution in [3.63, 3.8) is 0 Å². The van der Waals surface area contributed by atoms with Gasteiger partial charge in [-0.05, 0) is 31.4 Å². The highest BCUT2D eigenvalue weighted by atomic mass is 32.1. The number of amides is 2. The van der Waals surface area contributed by atoms with E-state index in [0.717, 1.165) is 24.5 Å². The van der Waals surface area contributed by atoms with Gasteiger partial charge in [-0.15, -0.1) is 11.3 Å². The Labute approximate surface area is 206 Å². The number of benzene rings is 1. The first-order chi connectivity index (χ1) is 16.3. The molecule has 3 atom stereocenters. The van der Waals surface area contributed by atoms with E-state index < -0.39 is 0 Å². The second kappa shape index (κ2) is 12.3. The van der Waals surface area contributed by atoms with Crippen LogP contribution in [0.1, 0.15) is 49.0 Å². The first-order valence-corrected chi connectivity index (χ1v) is 12.7. The monoisotopic (exact) mass is 488 g/mol. The van der Waals surface area contributed by atoms with Gasteiger partial charge in [-0.1, -0.05) is 13.8 Å². The molecule has 0 radical (unpaired) electrons. The van der Waals surface area contributed by atoms with Gasteiger partial charge in [0.15, 0.2) is 0 Å². The molecule has 0 fully saturated rings. The molecule has 3 rings (SSSR count). The van der Waals surface area contributed by atoms with E-state index in [0.29, 0.717) is 36.6 Å². The molecule has 0 bridgehead atoms. The van der Waals surface area contributed by atoms with E-state index in [1.807, 2.05) is 18.5 Å². The minimum atomic E-state index is -0.136.